The predicted octanol–water partition coefficient (Wildman–Crippen LogP) is 12.0. The summed E-state index contributed by atoms with van der Waals surface area (Å²) >= 11 is 0. The van der Waals surface area contributed by atoms with Crippen molar-refractivity contribution in [2.75, 3.05) is 0 Å². The van der Waals surface area contributed by atoms with Crippen LogP contribution in [0.3, 0.4) is 0 Å². The Morgan fingerprint density at radius 1 is 0.407 bits per heavy atom. The van der Waals surface area contributed by atoms with Crippen molar-refractivity contribution in [3.05, 3.63) is 215 Å². The first-order valence-electron chi connectivity index (χ1n) is 18.5. The van der Waals surface area contributed by atoms with Crippen LogP contribution in [-0.4, -0.2) is 9.97 Å². The van der Waals surface area contributed by atoms with Crippen LogP contribution in [0, 0.1) is 11.3 Å². The molecule has 0 radical (unpaired) electrons. The van der Waals surface area contributed by atoms with Gasteiger partial charge in [0.15, 0.2) is 5.82 Å². The molecule has 0 saturated carbocycles. The summed E-state index contributed by atoms with van der Waals surface area (Å²) in [5.74, 6) is 0.653. The maximum Gasteiger partial charge on any atom is 0.160 e. The third-order valence-electron chi connectivity index (χ3n) is 11.6. The molecular formula is C51H35N3. The summed E-state index contributed by atoms with van der Waals surface area (Å²) in [6.45, 7) is 4.73. The molecule has 1 spiro atoms. The van der Waals surface area contributed by atoms with Crippen LogP contribution in [0.25, 0.3) is 56.2 Å². The van der Waals surface area contributed by atoms with Gasteiger partial charge in [0.25, 0.3) is 0 Å². The summed E-state index contributed by atoms with van der Waals surface area (Å²) in [6, 6.07) is 64.8. The molecule has 0 amide bonds. The average Bonchev–Trinajstić information content (AvgIpc) is 3.53. The smallest absolute Gasteiger partial charge is 0.160 e. The summed E-state index contributed by atoms with van der Waals surface area (Å²) in [6.07, 6.45) is 0. The molecule has 3 nitrogen and oxygen atoms in total. The lowest BCUT2D eigenvalue weighted by atomic mass is 9.55. The van der Waals surface area contributed by atoms with Crippen molar-refractivity contribution >= 4 is 0 Å². The molecule has 8 aromatic rings. The van der Waals surface area contributed by atoms with Crippen molar-refractivity contribution in [3.8, 4) is 62.2 Å². The highest BCUT2D eigenvalue weighted by molar-refractivity contribution is 5.90. The molecule has 0 aliphatic heterocycles. The highest BCUT2D eigenvalue weighted by Crippen LogP contribution is 2.62. The van der Waals surface area contributed by atoms with Gasteiger partial charge in [-0.2, -0.15) is 5.26 Å². The van der Waals surface area contributed by atoms with E-state index in [-0.39, 0.29) is 5.41 Å². The Morgan fingerprint density at radius 3 is 1.57 bits per heavy atom. The molecule has 0 atom stereocenters. The van der Waals surface area contributed by atoms with E-state index in [0.29, 0.717) is 11.4 Å². The molecule has 0 saturated heterocycles. The Hall–Kier alpha value is -6.89. The van der Waals surface area contributed by atoms with Gasteiger partial charge in [-0.25, -0.2) is 9.97 Å². The summed E-state index contributed by atoms with van der Waals surface area (Å²) < 4.78 is 0. The zero-order valence-electron chi connectivity index (χ0n) is 30.1. The largest absolute Gasteiger partial charge is 0.228 e. The normalized spacial score (nSPS) is 14.0. The minimum absolute atomic E-state index is 0.146. The number of rotatable bonds is 4. The van der Waals surface area contributed by atoms with E-state index in [9.17, 15) is 5.26 Å². The number of fused-ring (bicyclic) bond motifs is 9. The Bertz CT molecular complexity index is 2760. The number of hydrogen-bond donors (Lipinski definition) is 0. The second-order valence-electron chi connectivity index (χ2n) is 14.9. The minimum atomic E-state index is -0.453. The first-order chi connectivity index (χ1) is 26.5. The Morgan fingerprint density at radius 2 is 0.907 bits per heavy atom. The van der Waals surface area contributed by atoms with Gasteiger partial charge in [0.1, 0.15) is 0 Å². The topological polar surface area (TPSA) is 49.6 Å². The molecule has 0 fully saturated rings. The van der Waals surface area contributed by atoms with Gasteiger partial charge in [-0.1, -0.05) is 159 Å². The molecule has 0 bridgehead atoms. The van der Waals surface area contributed by atoms with Gasteiger partial charge in [-0.15, -0.1) is 0 Å². The molecule has 0 N–H and O–H groups in total. The molecule has 7 aromatic carbocycles. The van der Waals surface area contributed by atoms with Crippen molar-refractivity contribution in [2.45, 2.75) is 24.7 Å². The van der Waals surface area contributed by atoms with E-state index in [4.69, 9.17) is 9.97 Å². The van der Waals surface area contributed by atoms with Gasteiger partial charge in [0.2, 0.25) is 0 Å². The fourth-order valence-corrected chi connectivity index (χ4v) is 9.07. The maximum atomic E-state index is 9.41. The monoisotopic (exact) mass is 689 g/mol. The summed E-state index contributed by atoms with van der Waals surface area (Å²) in [4.78, 5) is 10.2. The number of nitriles is 1. The highest BCUT2D eigenvalue weighted by atomic mass is 14.9. The van der Waals surface area contributed by atoms with Crippen LogP contribution < -0.4 is 0 Å². The van der Waals surface area contributed by atoms with Crippen LogP contribution in [0.1, 0.15) is 52.8 Å². The molecule has 1 aromatic heterocycles. The average molecular weight is 690 g/mol. The SMILES string of the molecule is CC1(C)c2ccccc2C2(c3ccccc3-c3ccc(-c4cccc(-c5nc(-c6ccccc6)cc(-c6ccc(C#N)cc6)n5)c4)cc32)c2ccccc21. The fourth-order valence-electron chi connectivity index (χ4n) is 9.07. The lowest BCUT2D eigenvalue weighted by Crippen LogP contribution is -2.40. The standard InChI is InChI=1S/C51H35N3/c1-50(2)42-19-8-10-21-44(42)51(45-22-11-9-20-43(45)50)41-18-7-6-17-39(41)40-28-27-37(30-46(40)51)36-15-12-16-38(29-36)49-53-47(34-13-4-3-5-14-34)31-48(54-49)35-25-23-33(32-52)24-26-35/h3-31H,1-2H3. The van der Waals surface area contributed by atoms with Gasteiger partial charge in [0.05, 0.1) is 28.4 Å². The number of aromatic nitrogens is 2. The fraction of sp³-hybridized carbons (Fsp3) is 0.0784. The lowest BCUT2D eigenvalue weighted by Gasteiger charge is -2.46. The van der Waals surface area contributed by atoms with E-state index >= 15 is 0 Å². The van der Waals surface area contributed by atoms with Gasteiger partial charge in [-0.3, -0.25) is 0 Å². The second-order valence-corrected chi connectivity index (χ2v) is 14.9. The Labute approximate surface area is 315 Å². The van der Waals surface area contributed by atoms with Gasteiger partial charge >= 0.3 is 0 Å². The zero-order valence-corrected chi connectivity index (χ0v) is 30.1. The predicted molar refractivity (Wildman–Crippen MR) is 218 cm³/mol. The zero-order chi connectivity index (χ0) is 36.4. The van der Waals surface area contributed by atoms with Crippen LogP contribution in [0.2, 0.25) is 0 Å². The quantitative estimate of drug-likeness (QED) is 0.185. The molecule has 0 unspecified atom stereocenters. The second kappa shape index (κ2) is 12.1. The van der Waals surface area contributed by atoms with E-state index < -0.39 is 5.41 Å². The van der Waals surface area contributed by atoms with E-state index in [1.165, 1.54) is 44.5 Å². The van der Waals surface area contributed by atoms with Crippen molar-refractivity contribution < 1.29 is 0 Å². The molecule has 3 heteroatoms. The van der Waals surface area contributed by atoms with Crippen molar-refractivity contribution in [1.82, 2.24) is 9.97 Å². The summed E-state index contributed by atoms with van der Waals surface area (Å²) in [5.41, 5.74) is 17.5. The van der Waals surface area contributed by atoms with Crippen LogP contribution in [0.5, 0.6) is 0 Å². The van der Waals surface area contributed by atoms with Gasteiger partial charge in [0, 0.05) is 22.1 Å². The summed E-state index contributed by atoms with van der Waals surface area (Å²) in [7, 11) is 0. The van der Waals surface area contributed by atoms with Crippen LogP contribution in [0.4, 0.5) is 0 Å². The molecule has 2 aliphatic rings. The number of benzene rings is 7. The Balaban J connectivity index is 1.16. The first-order valence-corrected chi connectivity index (χ1v) is 18.5. The maximum absolute atomic E-state index is 9.41. The van der Waals surface area contributed by atoms with E-state index in [0.717, 1.165) is 39.2 Å². The lowest BCUT2D eigenvalue weighted by molar-refractivity contribution is 0.563. The molecule has 1 heterocycles. The first kappa shape index (κ1) is 31.8. The highest BCUT2D eigenvalue weighted by Gasteiger charge is 2.53. The number of nitrogens with zero attached hydrogens (tertiary/aromatic N) is 3. The van der Waals surface area contributed by atoms with Crippen molar-refractivity contribution in [3.63, 3.8) is 0 Å². The molecule has 10 rings (SSSR count). The van der Waals surface area contributed by atoms with E-state index in [1.807, 2.05) is 48.5 Å². The van der Waals surface area contributed by atoms with Gasteiger partial charge in [-0.05, 0) is 86.0 Å². The van der Waals surface area contributed by atoms with E-state index in [2.05, 4.69) is 147 Å². The molecule has 2 aliphatic carbocycles. The molecule has 54 heavy (non-hydrogen) atoms. The minimum Gasteiger partial charge on any atom is -0.228 e. The molecular weight excluding hydrogens is 655 g/mol. The van der Waals surface area contributed by atoms with Crippen LogP contribution in [0.15, 0.2) is 176 Å². The van der Waals surface area contributed by atoms with Crippen LogP contribution in [-0.2, 0) is 10.8 Å². The number of hydrogen-bond acceptors (Lipinski definition) is 3. The van der Waals surface area contributed by atoms with Crippen molar-refractivity contribution in [1.29, 1.82) is 5.26 Å². The van der Waals surface area contributed by atoms with Gasteiger partial charge < -0.3 is 0 Å². The van der Waals surface area contributed by atoms with E-state index in [1.54, 1.807) is 0 Å². The Kier molecular flexibility index (Phi) is 7.12. The molecule has 254 valence electrons. The third kappa shape index (κ3) is 4.67. The third-order valence-corrected chi connectivity index (χ3v) is 11.6. The van der Waals surface area contributed by atoms with Crippen LogP contribution >= 0.6 is 0 Å². The summed E-state index contributed by atoms with van der Waals surface area (Å²) in [5, 5.41) is 9.41. The van der Waals surface area contributed by atoms with Crippen molar-refractivity contribution in [2.24, 2.45) is 0 Å².